The van der Waals surface area contributed by atoms with Gasteiger partial charge in [0.1, 0.15) is 11.8 Å². The molecule has 1 atom stereocenters. The summed E-state index contributed by atoms with van der Waals surface area (Å²) in [6.07, 6.45) is 0. The average Bonchev–Trinajstić information content (AvgIpc) is 2.49. The highest BCUT2D eigenvalue weighted by atomic mass is 16.5. The molecule has 2 rings (SSSR count). The summed E-state index contributed by atoms with van der Waals surface area (Å²) in [5.74, 6) is 0.401. The van der Waals surface area contributed by atoms with E-state index in [1.54, 1.807) is 51.3 Å². The fourth-order valence-electron chi connectivity index (χ4n) is 1.83. The van der Waals surface area contributed by atoms with Crippen molar-refractivity contribution in [2.24, 2.45) is 0 Å². The molecule has 0 bridgehead atoms. The number of carbonyl (C=O) groups is 1. The third-order valence-electron chi connectivity index (χ3n) is 3.06. The fraction of sp³-hybridized carbons (Fsp3) is 0.267. The van der Waals surface area contributed by atoms with Crippen LogP contribution >= 0.6 is 0 Å². The molecule has 0 aliphatic carbocycles. The molecular formula is C15H17N3O3. The number of ether oxygens (including phenoxy) is 1. The third-order valence-corrected chi connectivity index (χ3v) is 3.06. The van der Waals surface area contributed by atoms with Crippen molar-refractivity contribution in [3.05, 3.63) is 52.4 Å². The minimum atomic E-state index is -0.695. The summed E-state index contributed by atoms with van der Waals surface area (Å²) in [6, 6.07) is 9.28. The Kier molecular flexibility index (Phi) is 4.37. The maximum atomic E-state index is 12.2. The number of aryl methyl sites for hydroxylation is 1. The summed E-state index contributed by atoms with van der Waals surface area (Å²) < 4.78 is 6.23. The van der Waals surface area contributed by atoms with Gasteiger partial charge >= 0.3 is 0 Å². The number of carbonyl (C=O) groups excluding carboxylic acids is 1. The van der Waals surface area contributed by atoms with Crippen LogP contribution in [0.2, 0.25) is 0 Å². The minimum absolute atomic E-state index is 0.305. The predicted octanol–water partition coefficient (Wildman–Crippen LogP) is 1.76. The van der Waals surface area contributed by atoms with Crippen LogP contribution in [-0.4, -0.2) is 22.8 Å². The van der Waals surface area contributed by atoms with Crippen molar-refractivity contribution in [1.82, 2.24) is 9.78 Å². The molecule has 1 N–H and O–H groups in total. The summed E-state index contributed by atoms with van der Waals surface area (Å²) in [5.41, 5.74) is 1.00. The quantitative estimate of drug-likeness (QED) is 0.930. The SMILES string of the molecule is COc1ccc(NC(=O)C(C)n2nc(C)ccc2=O)cc1. The molecule has 0 aliphatic rings. The van der Waals surface area contributed by atoms with E-state index < -0.39 is 6.04 Å². The van der Waals surface area contributed by atoms with Gasteiger partial charge < -0.3 is 10.1 Å². The van der Waals surface area contributed by atoms with Crippen molar-refractivity contribution >= 4 is 11.6 Å². The second kappa shape index (κ2) is 6.21. The molecule has 1 unspecified atom stereocenters. The highest BCUT2D eigenvalue weighted by Crippen LogP contribution is 2.16. The predicted molar refractivity (Wildman–Crippen MR) is 79.6 cm³/mol. The average molecular weight is 287 g/mol. The molecule has 0 saturated heterocycles. The maximum absolute atomic E-state index is 12.2. The number of nitrogens with zero attached hydrogens (tertiary/aromatic N) is 2. The first-order valence-electron chi connectivity index (χ1n) is 6.52. The molecule has 0 spiro atoms. The van der Waals surface area contributed by atoms with Gasteiger partial charge in [0.05, 0.1) is 12.8 Å². The van der Waals surface area contributed by atoms with E-state index in [0.29, 0.717) is 17.1 Å². The van der Waals surface area contributed by atoms with Crippen LogP contribution < -0.4 is 15.6 Å². The van der Waals surface area contributed by atoms with Crippen LogP contribution in [0, 0.1) is 6.92 Å². The smallest absolute Gasteiger partial charge is 0.267 e. The molecule has 6 nitrogen and oxygen atoms in total. The molecule has 21 heavy (non-hydrogen) atoms. The van der Waals surface area contributed by atoms with E-state index in [4.69, 9.17) is 4.74 Å². The van der Waals surface area contributed by atoms with Gasteiger partial charge in [0.25, 0.3) is 5.56 Å². The topological polar surface area (TPSA) is 73.2 Å². The van der Waals surface area contributed by atoms with Crippen LogP contribution in [0.4, 0.5) is 5.69 Å². The molecule has 6 heteroatoms. The highest BCUT2D eigenvalue weighted by Gasteiger charge is 2.17. The van der Waals surface area contributed by atoms with Crippen LogP contribution in [0.15, 0.2) is 41.2 Å². The van der Waals surface area contributed by atoms with E-state index in [-0.39, 0.29) is 11.5 Å². The van der Waals surface area contributed by atoms with Gasteiger partial charge in [-0.1, -0.05) is 0 Å². The summed E-state index contributed by atoms with van der Waals surface area (Å²) in [5, 5.41) is 6.83. The Hall–Kier alpha value is -2.63. The Labute approximate surface area is 122 Å². The molecule has 2 aromatic rings. The van der Waals surface area contributed by atoms with Crippen LogP contribution in [0.3, 0.4) is 0 Å². The second-order valence-electron chi connectivity index (χ2n) is 4.65. The molecule has 0 radical (unpaired) electrons. The molecule has 1 aromatic carbocycles. The Morgan fingerprint density at radius 3 is 2.52 bits per heavy atom. The Bertz CT molecular complexity index is 692. The Balaban J connectivity index is 2.15. The molecule has 0 aliphatic heterocycles. The van der Waals surface area contributed by atoms with E-state index in [0.717, 1.165) is 0 Å². The Morgan fingerprint density at radius 2 is 1.90 bits per heavy atom. The molecule has 110 valence electrons. The van der Waals surface area contributed by atoms with Crippen molar-refractivity contribution in [1.29, 1.82) is 0 Å². The van der Waals surface area contributed by atoms with Gasteiger partial charge in [0, 0.05) is 11.8 Å². The second-order valence-corrected chi connectivity index (χ2v) is 4.65. The van der Waals surface area contributed by atoms with Crippen molar-refractivity contribution in [3.8, 4) is 5.75 Å². The standard InChI is InChI=1S/C15H17N3O3/c1-10-4-9-14(19)18(17-10)11(2)15(20)16-12-5-7-13(21-3)8-6-12/h4-9,11H,1-3H3,(H,16,20). The highest BCUT2D eigenvalue weighted by molar-refractivity contribution is 5.93. The number of rotatable bonds is 4. The lowest BCUT2D eigenvalue weighted by Crippen LogP contribution is -2.33. The van der Waals surface area contributed by atoms with Gasteiger partial charge in [-0.25, -0.2) is 4.68 Å². The van der Waals surface area contributed by atoms with Crippen molar-refractivity contribution < 1.29 is 9.53 Å². The summed E-state index contributed by atoms with van der Waals surface area (Å²) >= 11 is 0. The zero-order chi connectivity index (χ0) is 15.4. The molecule has 1 heterocycles. The monoisotopic (exact) mass is 287 g/mol. The zero-order valence-corrected chi connectivity index (χ0v) is 12.2. The molecule has 1 aromatic heterocycles. The number of amides is 1. The van der Waals surface area contributed by atoms with Crippen molar-refractivity contribution in [2.75, 3.05) is 12.4 Å². The van der Waals surface area contributed by atoms with Gasteiger partial charge in [0.2, 0.25) is 5.91 Å². The van der Waals surface area contributed by atoms with Crippen LogP contribution in [0.25, 0.3) is 0 Å². The van der Waals surface area contributed by atoms with E-state index in [1.807, 2.05) is 0 Å². The lowest BCUT2D eigenvalue weighted by atomic mass is 10.2. The number of methoxy groups -OCH3 is 1. The minimum Gasteiger partial charge on any atom is -0.497 e. The first-order chi connectivity index (χ1) is 10.0. The summed E-state index contributed by atoms with van der Waals surface area (Å²) in [7, 11) is 1.57. The van der Waals surface area contributed by atoms with Crippen LogP contribution in [0.1, 0.15) is 18.7 Å². The first-order valence-corrected chi connectivity index (χ1v) is 6.52. The van der Waals surface area contributed by atoms with Gasteiger partial charge in [-0.05, 0) is 44.2 Å². The number of anilines is 1. The lowest BCUT2D eigenvalue weighted by molar-refractivity contribution is -0.119. The van der Waals surface area contributed by atoms with Crippen molar-refractivity contribution in [2.45, 2.75) is 19.9 Å². The molecule has 0 fully saturated rings. The number of aromatic nitrogens is 2. The molecular weight excluding hydrogens is 270 g/mol. The van der Waals surface area contributed by atoms with E-state index in [1.165, 1.54) is 10.7 Å². The van der Waals surface area contributed by atoms with E-state index >= 15 is 0 Å². The first kappa shape index (κ1) is 14.8. The largest absolute Gasteiger partial charge is 0.497 e. The third kappa shape index (κ3) is 3.47. The normalized spacial score (nSPS) is 11.8. The summed E-state index contributed by atoms with van der Waals surface area (Å²) in [4.78, 5) is 23.9. The van der Waals surface area contributed by atoms with E-state index in [2.05, 4.69) is 10.4 Å². The number of hydrogen-bond acceptors (Lipinski definition) is 4. The van der Waals surface area contributed by atoms with Gasteiger partial charge in [-0.2, -0.15) is 5.10 Å². The Morgan fingerprint density at radius 1 is 1.24 bits per heavy atom. The number of nitrogens with one attached hydrogen (secondary N) is 1. The fourth-order valence-corrected chi connectivity index (χ4v) is 1.83. The number of hydrogen-bond donors (Lipinski definition) is 1. The van der Waals surface area contributed by atoms with Gasteiger partial charge in [-0.3, -0.25) is 9.59 Å². The van der Waals surface area contributed by atoms with Crippen molar-refractivity contribution in [3.63, 3.8) is 0 Å². The van der Waals surface area contributed by atoms with Gasteiger partial charge in [0.15, 0.2) is 0 Å². The summed E-state index contributed by atoms with van der Waals surface area (Å²) in [6.45, 7) is 3.40. The van der Waals surface area contributed by atoms with E-state index in [9.17, 15) is 9.59 Å². The van der Waals surface area contributed by atoms with Crippen LogP contribution in [-0.2, 0) is 4.79 Å². The van der Waals surface area contributed by atoms with Gasteiger partial charge in [-0.15, -0.1) is 0 Å². The zero-order valence-electron chi connectivity index (χ0n) is 12.2. The molecule has 0 saturated carbocycles. The maximum Gasteiger partial charge on any atom is 0.267 e. The van der Waals surface area contributed by atoms with Crippen LogP contribution in [0.5, 0.6) is 5.75 Å². The molecule has 1 amide bonds. The number of benzene rings is 1. The lowest BCUT2D eigenvalue weighted by Gasteiger charge is -2.14.